The Balaban J connectivity index is 2.35. The Hall–Kier alpha value is -1.55. The summed E-state index contributed by atoms with van der Waals surface area (Å²) >= 11 is 1.40. The van der Waals surface area contributed by atoms with Crippen molar-refractivity contribution in [2.24, 2.45) is 4.99 Å². The molecule has 0 spiro atoms. The van der Waals surface area contributed by atoms with Gasteiger partial charge in [0.1, 0.15) is 0 Å². The maximum Gasteiger partial charge on any atom is 0.263 e. The molecular weight excluding hydrogens is 350 g/mol. The molecule has 0 saturated heterocycles. The number of rotatable bonds is 7. The highest BCUT2D eigenvalue weighted by molar-refractivity contribution is 7.88. The number of thiazole rings is 1. The van der Waals surface area contributed by atoms with Crippen LogP contribution in [0.2, 0.25) is 0 Å². The van der Waals surface area contributed by atoms with Crippen LogP contribution in [0.25, 0.3) is 10.2 Å². The molecule has 0 aliphatic carbocycles. The minimum absolute atomic E-state index is 0.279. The average Bonchev–Trinajstić information content (AvgIpc) is 2.84. The maximum atomic E-state index is 12.1. The van der Waals surface area contributed by atoms with Crippen LogP contribution in [0.1, 0.15) is 6.92 Å². The summed E-state index contributed by atoms with van der Waals surface area (Å²) in [4.78, 5) is 16.8. The van der Waals surface area contributed by atoms with E-state index in [1.165, 1.54) is 18.4 Å². The fourth-order valence-electron chi connectivity index (χ4n) is 2.07. The van der Waals surface area contributed by atoms with E-state index in [9.17, 15) is 13.2 Å². The van der Waals surface area contributed by atoms with Gasteiger partial charge in [-0.15, -0.1) is 0 Å². The number of carbonyl (C=O) groups is 1. The molecule has 0 atom stereocenters. The molecule has 0 radical (unpaired) electrons. The van der Waals surface area contributed by atoms with Gasteiger partial charge in [-0.05, 0) is 19.1 Å². The fraction of sp³-hybridized carbons (Fsp3) is 0.467. The summed E-state index contributed by atoms with van der Waals surface area (Å²) in [6.45, 7) is 3.35. The third kappa shape index (κ3) is 4.73. The van der Waals surface area contributed by atoms with Crippen LogP contribution in [0.4, 0.5) is 0 Å². The van der Waals surface area contributed by atoms with Crippen molar-refractivity contribution in [3.63, 3.8) is 0 Å². The van der Waals surface area contributed by atoms with Crippen molar-refractivity contribution in [2.75, 3.05) is 33.1 Å². The molecule has 24 heavy (non-hydrogen) atoms. The van der Waals surface area contributed by atoms with Crippen LogP contribution in [0, 0.1) is 0 Å². The first-order valence-corrected chi connectivity index (χ1v) is 10.1. The van der Waals surface area contributed by atoms with E-state index in [1.54, 1.807) is 0 Å². The molecule has 2 aromatic rings. The number of fused-ring (bicyclic) bond motifs is 1. The Labute approximate surface area is 145 Å². The number of nitrogens with zero attached hydrogens (tertiary/aromatic N) is 3. The number of carbonyl (C=O) groups excluding carboxylic acids is 1. The van der Waals surface area contributed by atoms with Crippen molar-refractivity contribution >= 4 is 37.5 Å². The molecule has 0 bridgehead atoms. The number of aromatic nitrogens is 1. The quantitative estimate of drug-likeness (QED) is 0.682. The predicted octanol–water partition coefficient (Wildman–Crippen LogP) is 1.06. The van der Waals surface area contributed by atoms with E-state index in [0.717, 1.165) is 20.8 Å². The summed E-state index contributed by atoms with van der Waals surface area (Å²) in [5.74, 6) is -0.500. The van der Waals surface area contributed by atoms with Crippen molar-refractivity contribution in [1.82, 2.24) is 8.87 Å². The smallest absolute Gasteiger partial charge is 0.263 e. The van der Waals surface area contributed by atoms with Crippen molar-refractivity contribution < 1.29 is 17.9 Å². The van der Waals surface area contributed by atoms with Crippen molar-refractivity contribution in [3.05, 3.63) is 29.1 Å². The number of sulfonamides is 1. The van der Waals surface area contributed by atoms with Crippen LogP contribution in [-0.2, 0) is 26.1 Å². The summed E-state index contributed by atoms with van der Waals surface area (Å²) in [5.41, 5.74) is 0.977. The molecule has 0 aliphatic heterocycles. The molecule has 132 valence electrons. The highest BCUT2D eigenvalue weighted by atomic mass is 32.2. The lowest BCUT2D eigenvalue weighted by Gasteiger charge is -2.10. The highest BCUT2D eigenvalue weighted by Crippen LogP contribution is 2.16. The molecule has 0 fully saturated rings. The third-order valence-electron chi connectivity index (χ3n) is 3.40. The van der Waals surface area contributed by atoms with Crippen LogP contribution < -0.4 is 4.80 Å². The number of hydrogen-bond acceptors (Lipinski definition) is 5. The van der Waals surface area contributed by atoms with Crippen molar-refractivity contribution in [3.8, 4) is 0 Å². The third-order valence-corrected chi connectivity index (χ3v) is 5.72. The molecule has 1 heterocycles. The fourth-order valence-corrected chi connectivity index (χ4v) is 3.49. The van der Waals surface area contributed by atoms with Gasteiger partial charge in [0.25, 0.3) is 5.91 Å². The second kappa shape index (κ2) is 8.02. The van der Waals surface area contributed by atoms with Crippen LogP contribution >= 0.6 is 11.3 Å². The van der Waals surface area contributed by atoms with Crippen molar-refractivity contribution in [1.29, 1.82) is 0 Å². The van der Waals surface area contributed by atoms with E-state index in [-0.39, 0.29) is 6.54 Å². The van der Waals surface area contributed by atoms with Gasteiger partial charge in [0.2, 0.25) is 10.0 Å². The molecule has 0 unspecified atom stereocenters. The minimum Gasteiger partial charge on any atom is -0.380 e. The summed E-state index contributed by atoms with van der Waals surface area (Å²) in [6.07, 6.45) is 1.06. The SMILES string of the molecule is CCOCCn1c(=NC(=O)CN(C)S(C)(=O)=O)sc2ccccc21. The van der Waals surface area contributed by atoms with Crippen LogP contribution in [0.15, 0.2) is 29.3 Å². The second-order valence-electron chi connectivity index (χ2n) is 5.23. The Kier molecular flexibility index (Phi) is 6.27. The minimum atomic E-state index is -3.41. The lowest BCUT2D eigenvalue weighted by molar-refractivity contribution is -0.118. The van der Waals surface area contributed by atoms with E-state index in [1.807, 2.05) is 35.8 Å². The van der Waals surface area contributed by atoms with Gasteiger partial charge in [-0.2, -0.15) is 9.30 Å². The second-order valence-corrected chi connectivity index (χ2v) is 8.32. The van der Waals surface area contributed by atoms with Gasteiger partial charge in [0.05, 0.1) is 29.6 Å². The van der Waals surface area contributed by atoms with E-state index < -0.39 is 15.9 Å². The lowest BCUT2D eigenvalue weighted by Crippen LogP contribution is -2.31. The zero-order valence-corrected chi connectivity index (χ0v) is 15.6. The zero-order chi connectivity index (χ0) is 17.7. The molecule has 0 aliphatic rings. The van der Waals surface area contributed by atoms with Gasteiger partial charge in [0, 0.05) is 20.2 Å². The average molecular weight is 371 g/mol. The van der Waals surface area contributed by atoms with Crippen LogP contribution in [0.3, 0.4) is 0 Å². The van der Waals surface area contributed by atoms with E-state index in [0.29, 0.717) is 24.6 Å². The van der Waals surface area contributed by atoms with E-state index >= 15 is 0 Å². The van der Waals surface area contributed by atoms with Gasteiger partial charge < -0.3 is 9.30 Å². The lowest BCUT2D eigenvalue weighted by atomic mass is 10.3. The van der Waals surface area contributed by atoms with Crippen molar-refractivity contribution in [2.45, 2.75) is 13.5 Å². The number of likely N-dealkylation sites (N-methyl/N-ethyl adjacent to an activating group) is 1. The molecule has 0 N–H and O–H groups in total. The van der Waals surface area contributed by atoms with Crippen LogP contribution in [0.5, 0.6) is 0 Å². The number of ether oxygens (including phenoxy) is 1. The Morgan fingerprint density at radius 2 is 2.08 bits per heavy atom. The van der Waals surface area contributed by atoms with Gasteiger partial charge in [-0.3, -0.25) is 4.79 Å². The maximum absolute atomic E-state index is 12.1. The molecule has 1 aromatic carbocycles. The van der Waals surface area contributed by atoms with Gasteiger partial charge in [-0.25, -0.2) is 8.42 Å². The van der Waals surface area contributed by atoms with Gasteiger partial charge >= 0.3 is 0 Å². The molecule has 0 saturated carbocycles. The molecule has 7 nitrogen and oxygen atoms in total. The zero-order valence-electron chi connectivity index (χ0n) is 13.9. The largest absolute Gasteiger partial charge is 0.380 e. The number of para-hydroxylation sites is 1. The Morgan fingerprint density at radius 3 is 2.75 bits per heavy atom. The molecule has 1 amide bonds. The first kappa shape index (κ1) is 18.8. The van der Waals surface area contributed by atoms with E-state index in [2.05, 4.69) is 4.99 Å². The summed E-state index contributed by atoms with van der Waals surface area (Å²) in [6, 6.07) is 7.78. The van der Waals surface area contributed by atoms with Gasteiger partial charge in [0.15, 0.2) is 4.80 Å². The summed E-state index contributed by atoms with van der Waals surface area (Å²) < 4.78 is 32.1. The van der Waals surface area contributed by atoms with Gasteiger partial charge in [-0.1, -0.05) is 23.5 Å². The number of benzene rings is 1. The number of amides is 1. The monoisotopic (exact) mass is 371 g/mol. The molecule has 2 rings (SSSR count). The highest BCUT2D eigenvalue weighted by Gasteiger charge is 2.15. The van der Waals surface area contributed by atoms with Crippen LogP contribution in [-0.4, -0.2) is 56.3 Å². The standard InChI is InChI=1S/C15H21N3O4S2/c1-4-22-10-9-18-12-7-5-6-8-13(12)23-15(18)16-14(19)11-17(2)24(3,20)21/h5-8H,4,9-11H2,1-3H3. The summed E-state index contributed by atoms with van der Waals surface area (Å²) in [7, 11) is -2.06. The van der Waals surface area contributed by atoms with E-state index in [4.69, 9.17) is 4.74 Å². The molecule has 9 heteroatoms. The first-order chi connectivity index (χ1) is 11.3. The predicted molar refractivity (Wildman–Crippen MR) is 94.4 cm³/mol. The Morgan fingerprint density at radius 1 is 1.38 bits per heavy atom. The molecule has 1 aromatic heterocycles. The topological polar surface area (TPSA) is 81.0 Å². The molecular formula is C15H21N3O4S2. The number of hydrogen-bond donors (Lipinski definition) is 0. The first-order valence-electron chi connectivity index (χ1n) is 7.48. The normalized spacial score (nSPS) is 13.1. The Bertz CT molecular complexity index is 884. The summed E-state index contributed by atoms with van der Waals surface area (Å²) in [5, 5.41) is 0.